The summed E-state index contributed by atoms with van der Waals surface area (Å²) in [5, 5.41) is 12.2. The average molecular weight is 304 g/mol. The van der Waals surface area contributed by atoms with Crippen molar-refractivity contribution in [2.45, 2.75) is 19.3 Å². The van der Waals surface area contributed by atoms with E-state index in [0.717, 1.165) is 30.5 Å². The van der Waals surface area contributed by atoms with E-state index in [0.29, 0.717) is 19.0 Å². The van der Waals surface area contributed by atoms with Gasteiger partial charge in [0.15, 0.2) is 0 Å². The number of carbonyl (C=O) groups excluding carboxylic acids is 1. The molecule has 0 saturated carbocycles. The molecule has 0 unspecified atom stereocenters. The van der Waals surface area contributed by atoms with Crippen LogP contribution in [0.1, 0.15) is 18.4 Å². The van der Waals surface area contributed by atoms with E-state index in [1.165, 1.54) is 6.20 Å². The van der Waals surface area contributed by atoms with Crippen molar-refractivity contribution >= 4 is 23.2 Å². The molecule has 0 aliphatic carbocycles. The van der Waals surface area contributed by atoms with Crippen molar-refractivity contribution in [3.63, 3.8) is 0 Å². The SMILES string of the molecule is N#C/C(=C/NCCCCl)C(=O)N1CCCc2ccccc21. The van der Waals surface area contributed by atoms with Gasteiger partial charge in [0, 0.05) is 30.9 Å². The molecule has 0 atom stereocenters. The quantitative estimate of drug-likeness (QED) is 0.394. The first-order valence-corrected chi connectivity index (χ1v) is 7.60. The molecule has 1 heterocycles. The number of fused-ring (bicyclic) bond motifs is 1. The number of hydrogen-bond donors (Lipinski definition) is 1. The van der Waals surface area contributed by atoms with Gasteiger partial charge in [0.05, 0.1) is 0 Å². The van der Waals surface area contributed by atoms with E-state index in [-0.39, 0.29) is 11.5 Å². The summed E-state index contributed by atoms with van der Waals surface area (Å²) in [6.45, 7) is 1.30. The van der Waals surface area contributed by atoms with Gasteiger partial charge in [0.1, 0.15) is 11.6 Å². The van der Waals surface area contributed by atoms with Crippen molar-refractivity contribution in [2.75, 3.05) is 23.9 Å². The Morgan fingerprint density at radius 2 is 2.29 bits per heavy atom. The van der Waals surface area contributed by atoms with E-state index in [1.807, 2.05) is 30.3 Å². The Hall–Kier alpha value is -1.99. The number of carbonyl (C=O) groups is 1. The van der Waals surface area contributed by atoms with Gasteiger partial charge in [-0.2, -0.15) is 5.26 Å². The molecule has 5 heteroatoms. The molecule has 0 fully saturated rings. The lowest BCUT2D eigenvalue weighted by Crippen LogP contribution is -2.36. The van der Waals surface area contributed by atoms with Crippen LogP contribution in [0.4, 0.5) is 5.69 Å². The summed E-state index contributed by atoms with van der Waals surface area (Å²) in [5.41, 5.74) is 2.20. The van der Waals surface area contributed by atoms with Crippen molar-refractivity contribution in [2.24, 2.45) is 0 Å². The molecule has 110 valence electrons. The zero-order valence-corrected chi connectivity index (χ0v) is 12.6. The molecule has 4 nitrogen and oxygen atoms in total. The summed E-state index contributed by atoms with van der Waals surface area (Å²) >= 11 is 5.59. The number of rotatable bonds is 5. The number of anilines is 1. The number of aryl methyl sites for hydroxylation is 1. The molecule has 1 aromatic rings. The van der Waals surface area contributed by atoms with E-state index >= 15 is 0 Å². The van der Waals surface area contributed by atoms with Crippen LogP contribution in [0.25, 0.3) is 0 Å². The Balaban J connectivity index is 2.14. The van der Waals surface area contributed by atoms with Crippen molar-refractivity contribution in [3.8, 4) is 6.07 Å². The summed E-state index contributed by atoms with van der Waals surface area (Å²) in [7, 11) is 0. The average Bonchev–Trinajstić information content (AvgIpc) is 2.54. The van der Waals surface area contributed by atoms with Crippen LogP contribution in [-0.4, -0.2) is 24.9 Å². The van der Waals surface area contributed by atoms with E-state index in [2.05, 4.69) is 5.32 Å². The Morgan fingerprint density at radius 3 is 3.05 bits per heavy atom. The van der Waals surface area contributed by atoms with Crippen LogP contribution in [0.15, 0.2) is 36.0 Å². The largest absolute Gasteiger partial charge is 0.390 e. The number of para-hydroxylation sites is 1. The number of nitrogens with zero attached hydrogens (tertiary/aromatic N) is 2. The first kappa shape index (κ1) is 15.4. The molecule has 1 aromatic carbocycles. The molecule has 1 aliphatic heterocycles. The smallest absolute Gasteiger partial charge is 0.270 e. The number of halogens is 1. The van der Waals surface area contributed by atoms with Crippen LogP contribution in [0.2, 0.25) is 0 Å². The van der Waals surface area contributed by atoms with Crippen LogP contribution in [0.5, 0.6) is 0 Å². The molecule has 0 saturated heterocycles. The van der Waals surface area contributed by atoms with Crippen molar-refractivity contribution < 1.29 is 4.79 Å². The maximum absolute atomic E-state index is 12.5. The van der Waals surface area contributed by atoms with Crippen LogP contribution in [0.3, 0.4) is 0 Å². The highest BCUT2D eigenvalue weighted by atomic mass is 35.5. The molecule has 1 N–H and O–H groups in total. The van der Waals surface area contributed by atoms with Gasteiger partial charge >= 0.3 is 0 Å². The standard InChI is InChI=1S/C16H18ClN3O/c17-8-4-9-19-12-14(11-18)16(21)20-10-3-6-13-5-1-2-7-15(13)20/h1-2,5,7,12,19H,3-4,6,8-10H2/b14-12-. The predicted octanol–water partition coefficient (Wildman–Crippen LogP) is 2.59. The maximum Gasteiger partial charge on any atom is 0.270 e. The number of benzene rings is 1. The monoisotopic (exact) mass is 303 g/mol. The Labute approximate surface area is 130 Å². The van der Waals surface area contributed by atoms with Crippen LogP contribution in [0, 0.1) is 11.3 Å². The topological polar surface area (TPSA) is 56.1 Å². The van der Waals surface area contributed by atoms with Gasteiger partial charge in [-0.1, -0.05) is 18.2 Å². The maximum atomic E-state index is 12.5. The second-order valence-corrected chi connectivity index (χ2v) is 5.23. The van der Waals surface area contributed by atoms with Gasteiger partial charge in [0.25, 0.3) is 5.91 Å². The Kier molecular flexibility index (Phi) is 5.65. The lowest BCUT2D eigenvalue weighted by atomic mass is 10.0. The van der Waals surface area contributed by atoms with Crippen molar-refractivity contribution in [3.05, 3.63) is 41.6 Å². The van der Waals surface area contributed by atoms with E-state index in [1.54, 1.807) is 4.90 Å². The van der Waals surface area contributed by atoms with Gasteiger partial charge < -0.3 is 10.2 Å². The Bertz CT molecular complexity index is 577. The van der Waals surface area contributed by atoms with Gasteiger partial charge in [-0.25, -0.2) is 0 Å². The van der Waals surface area contributed by atoms with Crippen molar-refractivity contribution in [1.29, 1.82) is 5.26 Å². The number of amides is 1. The number of hydrogen-bond acceptors (Lipinski definition) is 3. The highest BCUT2D eigenvalue weighted by Gasteiger charge is 2.24. The van der Waals surface area contributed by atoms with E-state index < -0.39 is 0 Å². The second kappa shape index (κ2) is 7.70. The lowest BCUT2D eigenvalue weighted by molar-refractivity contribution is -0.114. The second-order valence-electron chi connectivity index (χ2n) is 4.86. The summed E-state index contributed by atoms with van der Waals surface area (Å²) < 4.78 is 0. The van der Waals surface area contributed by atoms with Crippen molar-refractivity contribution in [1.82, 2.24) is 5.32 Å². The summed E-state index contributed by atoms with van der Waals surface area (Å²) in [6, 6.07) is 9.83. The first-order chi connectivity index (χ1) is 10.3. The Morgan fingerprint density at radius 1 is 1.48 bits per heavy atom. The normalized spacial score (nSPS) is 14.3. The fourth-order valence-electron chi connectivity index (χ4n) is 2.37. The zero-order chi connectivity index (χ0) is 15.1. The molecule has 1 aliphatic rings. The minimum absolute atomic E-state index is 0.126. The van der Waals surface area contributed by atoms with Gasteiger partial charge in [-0.15, -0.1) is 11.6 Å². The minimum Gasteiger partial charge on any atom is -0.390 e. The molecule has 0 bridgehead atoms. The zero-order valence-electron chi connectivity index (χ0n) is 11.8. The third kappa shape index (κ3) is 3.77. The molecular weight excluding hydrogens is 286 g/mol. The molecule has 21 heavy (non-hydrogen) atoms. The number of nitrogens with one attached hydrogen (secondary N) is 1. The summed E-state index contributed by atoms with van der Waals surface area (Å²) in [5.74, 6) is 0.305. The third-order valence-electron chi connectivity index (χ3n) is 3.41. The molecule has 1 amide bonds. The van der Waals surface area contributed by atoms with Gasteiger partial charge in [-0.3, -0.25) is 4.79 Å². The molecule has 0 aromatic heterocycles. The predicted molar refractivity (Wildman–Crippen MR) is 84.2 cm³/mol. The fourth-order valence-corrected chi connectivity index (χ4v) is 2.51. The molecular formula is C16H18ClN3O. The highest BCUT2D eigenvalue weighted by molar-refractivity contribution is 6.17. The van der Waals surface area contributed by atoms with Crippen LogP contribution in [-0.2, 0) is 11.2 Å². The minimum atomic E-state index is -0.247. The highest BCUT2D eigenvalue weighted by Crippen LogP contribution is 2.27. The van der Waals surface area contributed by atoms with Crippen LogP contribution < -0.4 is 10.2 Å². The first-order valence-electron chi connectivity index (χ1n) is 7.07. The van der Waals surface area contributed by atoms with E-state index in [9.17, 15) is 10.1 Å². The molecule has 0 spiro atoms. The third-order valence-corrected chi connectivity index (χ3v) is 3.67. The molecule has 0 radical (unpaired) electrons. The summed E-state index contributed by atoms with van der Waals surface area (Å²) in [4.78, 5) is 14.2. The van der Waals surface area contributed by atoms with Gasteiger partial charge in [-0.05, 0) is 30.9 Å². The van der Waals surface area contributed by atoms with E-state index in [4.69, 9.17) is 11.6 Å². The summed E-state index contributed by atoms with van der Waals surface area (Å²) in [6.07, 6.45) is 4.17. The lowest BCUT2D eigenvalue weighted by Gasteiger charge is -2.29. The van der Waals surface area contributed by atoms with Gasteiger partial charge in [0.2, 0.25) is 0 Å². The van der Waals surface area contributed by atoms with Crippen LogP contribution >= 0.6 is 11.6 Å². The number of alkyl halides is 1. The fraction of sp³-hybridized carbons (Fsp3) is 0.375. The molecule has 2 rings (SSSR count). The number of nitriles is 1.